The van der Waals surface area contributed by atoms with Crippen LogP contribution in [0.1, 0.15) is 38.6 Å². The molecule has 2 atom stereocenters. The minimum atomic E-state index is 0.0451. The number of rotatable bonds is 2. The summed E-state index contributed by atoms with van der Waals surface area (Å²) in [5.41, 5.74) is 2.56. The largest absolute Gasteiger partial charge is 0.493 e. The average molecular weight is 293 g/mol. The molecule has 2 unspecified atom stereocenters. The van der Waals surface area contributed by atoms with Gasteiger partial charge in [-0.25, -0.2) is 0 Å². The summed E-state index contributed by atoms with van der Waals surface area (Å²) in [6.07, 6.45) is 0.988. The summed E-state index contributed by atoms with van der Waals surface area (Å²) in [5.74, 6) is 1.35. The molecule has 1 aromatic heterocycles. The van der Waals surface area contributed by atoms with Crippen LogP contribution in [-0.2, 0) is 0 Å². The molecule has 0 fully saturated rings. The zero-order valence-electron chi connectivity index (χ0n) is 11.2. The Kier molecular flexibility index (Phi) is 3.55. The van der Waals surface area contributed by atoms with Crippen molar-refractivity contribution in [2.24, 2.45) is 0 Å². The topological polar surface area (TPSA) is 9.23 Å². The zero-order valence-corrected chi connectivity index (χ0v) is 12.7. The predicted octanol–water partition coefficient (Wildman–Crippen LogP) is 5.21. The molecule has 1 aliphatic heterocycles. The number of ether oxygens (including phenoxy) is 1. The average Bonchev–Trinajstić information content (AvgIpc) is 2.76. The fourth-order valence-corrected chi connectivity index (χ4v) is 4.44. The lowest BCUT2D eigenvalue weighted by molar-refractivity contribution is 0.265. The van der Waals surface area contributed by atoms with Gasteiger partial charge in [0.1, 0.15) is 5.75 Å². The molecule has 1 aliphatic rings. The molecule has 0 aliphatic carbocycles. The van der Waals surface area contributed by atoms with E-state index >= 15 is 0 Å². The number of fused-ring (bicyclic) bond motifs is 1. The number of alkyl halides is 1. The summed E-state index contributed by atoms with van der Waals surface area (Å²) >= 11 is 8.60. The van der Waals surface area contributed by atoms with Gasteiger partial charge < -0.3 is 4.74 Å². The molecule has 19 heavy (non-hydrogen) atoms. The van der Waals surface area contributed by atoms with Crippen LogP contribution >= 0.6 is 22.9 Å². The van der Waals surface area contributed by atoms with Crippen LogP contribution in [0.5, 0.6) is 5.75 Å². The minimum absolute atomic E-state index is 0.0451. The van der Waals surface area contributed by atoms with E-state index in [1.807, 2.05) is 23.5 Å². The van der Waals surface area contributed by atoms with Crippen LogP contribution < -0.4 is 4.74 Å². The van der Waals surface area contributed by atoms with E-state index in [4.69, 9.17) is 16.3 Å². The monoisotopic (exact) mass is 292 g/mol. The van der Waals surface area contributed by atoms with Crippen molar-refractivity contribution in [1.82, 2.24) is 0 Å². The third kappa shape index (κ3) is 2.39. The van der Waals surface area contributed by atoms with Crippen LogP contribution in [0.25, 0.3) is 0 Å². The maximum Gasteiger partial charge on any atom is 0.122 e. The van der Waals surface area contributed by atoms with Crippen molar-refractivity contribution in [1.29, 1.82) is 0 Å². The fraction of sp³-hybridized carbons (Fsp3) is 0.375. The highest BCUT2D eigenvalue weighted by atomic mass is 35.5. The second kappa shape index (κ2) is 5.18. The van der Waals surface area contributed by atoms with E-state index in [1.54, 1.807) is 0 Å². The molecule has 0 amide bonds. The molecule has 0 N–H and O–H groups in total. The van der Waals surface area contributed by atoms with E-state index in [-0.39, 0.29) is 5.38 Å². The smallest absolute Gasteiger partial charge is 0.122 e. The van der Waals surface area contributed by atoms with Crippen LogP contribution in [0.15, 0.2) is 30.3 Å². The van der Waals surface area contributed by atoms with E-state index in [1.165, 1.54) is 20.9 Å². The van der Waals surface area contributed by atoms with Gasteiger partial charge in [-0.05, 0) is 43.5 Å². The fourth-order valence-electron chi connectivity index (χ4n) is 2.79. The number of benzene rings is 1. The third-order valence-corrected chi connectivity index (χ3v) is 5.58. The molecule has 0 saturated carbocycles. The highest BCUT2D eigenvalue weighted by molar-refractivity contribution is 7.12. The summed E-state index contributed by atoms with van der Waals surface area (Å²) in [5, 5.41) is 0.0451. The summed E-state index contributed by atoms with van der Waals surface area (Å²) in [4.78, 5) is 2.64. The summed E-state index contributed by atoms with van der Waals surface area (Å²) in [6, 6.07) is 10.5. The standard InChI is InChI=1S/C16H17ClOS/c1-10-9-11(2)19-16(10)15(17)13-7-8-18-14-6-4-3-5-12(13)14/h3-6,9,13,15H,7-8H2,1-2H3. The first-order chi connectivity index (χ1) is 9.16. The number of halogens is 1. The molecular formula is C16H17ClOS. The van der Waals surface area contributed by atoms with Crippen LogP contribution in [0.2, 0.25) is 0 Å². The van der Waals surface area contributed by atoms with Crippen molar-refractivity contribution in [2.75, 3.05) is 6.61 Å². The number of aryl methyl sites for hydroxylation is 2. The Morgan fingerprint density at radius 2 is 2.11 bits per heavy atom. The molecule has 1 nitrogen and oxygen atoms in total. The molecule has 0 radical (unpaired) electrons. The van der Waals surface area contributed by atoms with Gasteiger partial charge in [-0.15, -0.1) is 22.9 Å². The number of hydrogen-bond acceptors (Lipinski definition) is 2. The van der Waals surface area contributed by atoms with Crippen LogP contribution in [0.4, 0.5) is 0 Å². The number of thiophene rings is 1. The Labute approximate surface area is 123 Å². The first-order valence-corrected chi connectivity index (χ1v) is 7.85. The summed E-state index contributed by atoms with van der Waals surface area (Å²) in [7, 11) is 0. The Hall–Kier alpha value is -0.990. The SMILES string of the molecule is Cc1cc(C)c(C(Cl)C2CCOc3ccccc32)s1. The van der Waals surface area contributed by atoms with Crippen LogP contribution in [-0.4, -0.2) is 6.61 Å². The van der Waals surface area contributed by atoms with Gasteiger partial charge in [-0.1, -0.05) is 18.2 Å². The quantitative estimate of drug-likeness (QED) is 0.690. The van der Waals surface area contributed by atoms with Gasteiger partial charge in [0.25, 0.3) is 0 Å². The van der Waals surface area contributed by atoms with Gasteiger partial charge in [0.15, 0.2) is 0 Å². The van der Waals surface area contributed by atoms with E-state index in [0.29, 0.717) is 5.92 Å². The molecule has 100 valence electrons. The second-order valence-electron chi connectivity index (χ2n) is 5.09. The second-order valence-corrected chi connectivity index (χ2v) is 6.85. The molecule has 1 aromatic carbocycles. The lowest BCUT2D eigenvalue weighted by atomic mass is 9.88. The summed E-state index contributed by atoms with van der Waals surface area (Å²) in [6.45, 7) is 5.05. The van der Waals surface area contributed by atoms with Crippen molar-refractivity contribution >= 4 is 22.9 Å². The van der Waals surface area contributed by atoms with Gasteiger partial charge in [0, 0.05) is 15.7 Å². The lowest BCUT2D eigenvalue weighted by Gasteiger charge is -2.29. The van der Waals surface area contributed by atoms with Crippen molar-refractivity contribution in [3.05, 3.63) is 51.2 Å². The Balaban J connectivity index is 1.97. The van der Waals surface area contributed by atoms with Gasteiger partial charge in [0.05, 0.1) is 12.0 Å². The Morgan fingerprint density at radius 3 is 2.84 bits per heavy atom. The van der Waals surface area contributed by atoms with E-state index in [9.17, 15) is 0 Å². The van der Waals surface area contributed by atoms with Crippen molar-refractivity contribution < 1.29 is 4.74 Å². The molecule has 3 rings (SSSR count). The van der Waals surface area contributed by atoms with E-state index in [2.05, 4.69) is 32.0 Å². The molecule has 2 heterocycles. The van der Waals surface area contributed by atoms with E-state index in [0.717, 1.165) is 18.8 Å². The van der Waals surface area contributed by atoms with Crippen LogP contribution in [0, 0.1) is 13.8 Å². The molecule has 0 spiro atoms. The first-order valence-electron chi connectivity index (χ1n) is 6.59. The third-order valence-electron chi connectivity index (χ3n) is 3.69. The summed E-state index contributed by atoms with van der Waals surface area (Å²) < 4.78 is 5.72. The molecule has 3 heteroatoms. The first kappa shape index (κ1) is 13.0. The molecule has 0 saturated heterocycles. The lowest BCUT2D eigenvalue weighted by Crippen LogP contribution is -2.17. The van der Waals surface area contributed by atoms with Crippen molar-refractivity contribution in [2.45, 2.75) is 31.6 Å². The van der Waals surface area contributed by atoms with Gasteiger partial charge >= 0.3 is 0 Å². The van der Waals surface area contributed by atoms with E-state index < -0.39 is 0 Å². The highest BCUT2D eigenvalue weighted by Crippen LogP contribution is 2.47. The van der Waals surface area contributed by atoms with Crippen molar-refractivity contribution in [3.63, 3.8) is 0 Å². The predicted molar refractivity (Wildman–Crippen MR) is 81.7 cm³/mol. The van der Waals surface area contributed by atoms with Gasteiger partial charge in [-0.3, -0.25) is 0 Å². The van der Waals surface area contributed by atoms with Crippen molar-refractivity contribution in [3.8, 4) is 5.75 Å². The normalized spacial score (nSPS) is 19.6. The Bertz CT molecular complexity index is 590. The maximum absolute atomic E-state index is 6.79. The Morgan fingerprint density at radius 1 is 1.32 bits per heavy atom. The highest BCUT2D eigenvalue weighted by Gasteiger charge is 2.30. The number of hydrogen-bond donors (Lipinski definition) is 0. The van der Waals surface area contributed by atoms with Crippen LogP contribution in [0.3, 0.4) is 0 Å². The number of para-hydroxylation sites is 1. The minimum Gasteiger partial charge on any atom is -0.493 e. The molecule has 0 bridgehead atoms. The van der Waals surface area contributed by atoms with Gasteiger partial charge in [-0.2, -0.15) is 0 Å². The molecular weight excluding hydrogens is 276 g/mol. The maximum atomic E-state index is 6.79. The zero-order chi connectivity index (χ0) is 13.4. The molecule has 2 aromatic rings. The van der Waals surface area contributed by atoms with Gasteiger partial charge in [0.2, 0.25) is 0 Å².